The molecule has 12 aromatic carbocycles. The lowest BCUT2D eigenvalue weighted by Gasteiger charge is -2.39. The second kappa shape index (κ2) is 23.7. The van der Waals surface area contributed by atoms with Gasteiger partial charge in [-0.25, -0.2) is 9.97 Å². The zero-order valence-corrected chi connectivity index (χ0v) is 59.4. The first-order chi connectivity index (χ1) is 56.4. The number of hydrogen-bond donors (Lipinski definition) is 0. The Morgan fingerprint density at radius 3 is 1.26 bits per heavy atom. The highest BCUT2D eigenvalue weighted by Gasteiger charge is 2.42. The second-order valence-corrected chi connectivity index (χ2v) is 35.7. The molecule has 0 N–H and O–H groups in total. The molecule has 2 aliphatic rings. The van der Waals surface area contributed by atoms with E-state index in [4.69, 9.17) is 53.0 Å². The van der Waals surface area contributed by atoms with Crippen LogP contribution in [0.2, 0.25) is 26.2 Å². The van der Waals surface area contributed by atoms with Gasteiger partial charge < -0.3 is 18.3 Å². The number of nitrogens with zero attached hydrogens (tertiary/aromatic N) is 6. The second-order valence-electron chi connectivity index (χ2n) is 28.1. The highest BCUT2D eigenvalue weighted by molar-refractivity contribution is 6.89. The average Bonchev–Trinajstić information content (AvgIpc) is 1.50. The summed E-state index contributed by atoms with van der Waals surface area (Å²) in [6, 6.07) is 72.1. The van der Waals surface area contributed by atoms with Crippen molar-refractivity contribution in [2.75, 3.05) is 0 Å². The normalized spacial score (nSPS) is 18.2. The SMILES string of the molecule is [2H]C([2H])([2H])c1ccc(-c2cccc(-n3c4ccccc4n4c5ccccc5nc34)c2C([2H])([2H])[2H])c(C([2H])([2H])[2H])c1-c1cccc2c1OC(C)(C)c1ccccc1C(C)(C)O2.[2H]C([2H])([2H])c1ccc(-c2cccc(-n3c4ccccc4n4c5ccccc5nc34)c2C([2H])([2H])[2H])c(C([2H])([2H])[2H])c1-c1cccc2c1O[Si](C)(C)c1ccccc1O[Si]2(C)C. The fourth-order valence-corrected chi connectivity index (χ4v) is 19.7. The van der Waals surface area contributed by atoms with Crippen LogP contribution in [0.25, 0.3) is 112 Å². The molecule has 0 amide bonds. The van der Waals surface area contributed by atoms with E-state index in [1.165, 1.54) is 24.3 Å². The summed E-state index contributed by atoms with van der Waals surface area (Å²) in [4.78, 5) is 9.93. The Morgan fingerprint density at radius 2 is 0.735 bits per heavy atom. The summed E-state index contributed by atoms with van der Waals surface area (Å²) in [5.41, 5.74) is 5.96. The first kappa shape index (κ1) is 47.0. The minimum Gasteiger partial charge on any atom is -0.539 e. The van der Waals surface area contributed by atoms with E-state index in [1.807, 2.05) is 214 Å². The van der Waals surface area contributed by atoms with Crippen LogP contribution in [0, 0.1) is 41.1 Å². The Morgan fingerprint density at radius 1 is 0.333 bits per heavy atom. The van der Waals surface area contributed by atoms with E-state index in [2.05, 4.69) is 0 Å². The standard InChI is InChI=1S/C46H41N3O2.C44H41N3O2Si2/c1-28-26-27-32(30(3)42(28)33-17-15-25-41-43(33)51-46(6,7)35-19-9-8-18-34(35)45(4,5)50-41)31-16-14-24-37(29(31)2)48-39-22-12-13-23-40(39)49-38-21-11-10-20-36(38)47-44(48)49;1-28-26-27-32(30(3)42(28)33-17-15-25-41-43(33)49-50(4,5)40-24-13-12-23-39(40)48-51(41,6)7)31-16-14-22-35(29(31)2)46-37-20-10-11-21-38(37)47-36-19-9-8-18-34(36)45-44(46)47/h2*8-27H,1-7H3/i2*1D3,2D3,3D3. The van der Waals surface area contributed by atoms with E-state index in [0.29, 0.717) is 45.2 Å². The summed E-state index contributed by atoms with van der Waals surface area (Å²) >= 11 is 0. The lowest BCUT2D eigenvalue weighted by atomic mass is 9.84. The minimum absolute atomic E-state index is 0.0389. The van der Waals surface area contributed by atoms with Crippen LogP contribution in [-0.2, 0) is 11.2 Å². The van der Waals surface area contributed by atoms with E-state index >= 15 is 0 Å². The molecule has 16 aromatic rings. The third kappa shape index (κ3) is 10.1. The molecule has 2 aliphatic heterocycles. The maximum absolute atomic E-state index is 9.16. The summed E-state index contributed by atoms with van der Waals surface area (Å²) in [5.74, 6) is 2.53. The van der Waals surface area contributed by atoms with Crippen molar-refractivity contribution in [3.8, 4) is 78.9 Å². The van der Waals surface area contributed by atoms with Crippen LogP contribution in [0.4, 0.5) is 0 Å². The average molecular weight is 1390 g/mol. The molecule has 0 atom stereocenters. The molecule has 0 saturated carbocycles. The highest BCUT2D eigenvalue weighted by atomic mass is 28.4. The Labute approximate surface area is 623 Å². The lowest BCUT2D eigenvalue weighted by molar-refractivity contribution is 0.0516. The van der Waals surface area contributed by atoms with Gasteiger partial charge in [0.1, 0.15) is 22.7 Å². The number of aryl methyl sites for hydroxylation is 2. The van der Waals surface area contributed by atoms with Crippen LogP contribution in [0.3, 0.4) is 0 Å². The molecule has 0 fully saturated rings. The molecule has 18 rings (SSSR count). The maximum atomic E-state index is 9.16. The van der Waals surface area contributed by atoms with Crippen LogP contribution in [0.5, 0.6) is 23.0 Å². The first-order valence-electron chi connectivity index (χ1n) is 43.0. The zero-order chi connectivity index (χ0) is 85.5. The largest absolute Gasteiger partial charge is 0.539 e. The van der Waals surface area contributed by atoms with Crippen molar-refractivity contribution in [3.05, 3.63) is 287 Å². The van der Waals surface area contributed by atoms with Crippen LogP contribution in [0.15, 0.2) is 243 Å². The number of imidazole rings is 4. The van der Waals surface area contributed by atoms with E-state index < -0.39 is 68.9 Å². The van der Waals surface area contributed by atoms with Gasteiger partial charge in [-0.05, 0) is 235 Å². The van der Waals surface area contributed by atoms with Crippen LogP contribution in [0.1, 0.15) is 96.9 Å². The van der Waals surface area contributed by atoms with E-state index in [1.54, 1.807) is 75.9 Å². The molecule has 0 bridgehead atoms. The number of fused-ring (bicyclic) bond motifs is 14. The Balaban J connectivity index is 0.000000171. The van der Waals surface area contributed by atoms with Gasteiger partial charge in [-0.2, -0.15) is 0 Å². The van der Waals surface area contributed by atoms with Crippen LogP contribution < -0.4 is 28.7 Å². The molecule has 504 valence electrons. The number of benzene rings is 12. The number of rotatable bonds is 6. The number of para-hydroxylation sites is 11. The summed E-state index contributed by atoms with van der Waals surface area (Å²) < 4.78 is 197. The summed E-state index contributed by atoms with van der Waals surface area (Å²) in [5, 5.41) is 1.66. The lowest BCUT2D eigenvalue weighted by Crippen LogP contribution is -2.57. The molecule has 0 saturated heterocycles. The smallest absolute Gasteiger partial charge is 0.280 e. The number of ether oxygens (including phenoxy) is 2. The molecule has 4 aromatic heterocycles. The third-order valence-corrected chi connectivity index (χ3v) is 25.0. The predicted molar refractivity (Wildman–Crippen MR) is 425 cm³/mol. The Kier molecular flexibility index (Phi) is 10.9. The fourth-order valence-electron chi connectivity index (χ4n) is 15.4. The number of aromatic nitrogens is 6. The molecule has 12 heteroatoms. The van der Waals surface area contributed by atoms with Crippen LogP contribution >= 0.6 is 0 Å². The van der Waals surface area contributed by atoms with Gasteiger partial charge in [0.25, 0.3) is 16.6 Å². The van der Waals surface area contributed by atoms with Crippen molar-refractivity contribution < 1.29 is 43.0 Å². The quantitative estimate of drug-likeness (QED) is 0.154. The fraction of sp³-hybridized carbons (Fsp3) is 0.178. The van der Waals surface area contributed by atoms with Gasteiger partial charge in [0.15, 0.2) is 11.5 Å². The molecule has 6 heterocycles. The first-order valence-corrected chi connectivity index (χ1v) is 39.8. The van der Waals surface area contributed by atoms with E-state index in [9.17, 15) is 0 Å². The maximum Gasteiger partial charge on any atom is 0.280 e. The van der Waals surface area contributed by atoms with Gasteiger partial charge in [-0.1, -0.05) is 170 Å². The van der Waals surface area contributed by atoms with Gasteiger partial charge in [0.2, 0.25) is 11.6 Å². The van der Waals surface area contributed by atoms with Gasteiger partial charge in [0, 0.05) is 57.3 Å². The zero-order valence-electron chi connectivity index (χ0n) is 75.4. The Bertz CT molecular complexity index is 6880. The van der Waals surface area contributed by atoms with E-state index in [-0.39, 0.29) is 89.4 Å². The van der Waals surface area contributed by atoms with Gasteiger partial charge in [-0.15, -0.1) is 0 Å². The third-order valence-electron chi connectivity index (χ3n) is 20.2. The summed E-state index contributed by atoms with van der Waals surface area (Å²) in [7, 11) is -5.75. The van der Waals surface area contributed by atoms with E-state index in [0.717, 1.165) is 54.8 Å². The molecule has 10 nitrogen and oxygen atoms in total. The van der Waals surface area contributed by atoms with Crippen molar-refractivity contribution in [1.82, 2.24) is 27.9 Å². The van der Waals surface area contributed by atoms with Gasteiger partial charge in [0.05, 0.1) is 55.5 Å². The summed E-state index contributed by atoms with van der Waals surface area (Å²) in [6.45, 7) is -1.26. The highest BCUT2D eigenvalue weighted by Crippen LogP contribution is 2.51. The van der Waals surface area contributed by atoms with Crippen molar-refractivity contribution in [2.24, 2.45) is 0 Å². The molecule has 0 spiro atoms. The van der Waals surface area contributed by atoms with Crippen molar-refractivity contribution >= 4 is 82.7 Å². The molecule has 0 radical (unpaired) electrons. The van der Waals surface area contributed by atoms with Crippen molar-refractivity contribution in [3.63, 3.8) is 0 Å². The topological polar surface area (TPSA) is 81.4 Å². The van der Waals surface area contributed by atoms with Crippen molar-refractivity contribution in [1.29, 1.82) is 0 Å². The minimum atomic E-state index is -2.96. The summed E-state index contributed by atoms with van der Waals surface area (Å²) in [6.07, 6.45) is 0. The molecule has 0 aliphatic carbocycles. The Hall–Kier alpha value is -11.2. The van der Waals surface area contributed by atoms with Gasteiger partial charge in [-0.3, -0.25) is 17.9 Å². The number of hydrogen-bond acceptors (Lipinski definition) is 6. The van der Waals surface area contributed by atoms with Crippen molar-refractivity contribution in [2.45, 2.75) is 106 Å². The van der Waals surface area contributed by atoms with Crippen LogP contribution in [-0.4, -0.2) is 44.5 Å². The molecular weight excluding hydrogens is 1290 g/mol. The monoisotopic (exact) mass is 1380 g/mol. The predicted octanol–water partition coefficient (Wildman–Crippen LogP) is 21.6. The molecule has 102 heavy (non-hydrogen) atoms. The molecule has 0 unspecified atom stereocenters. The molecular formula is C90H82N6O4Si2. The van der Waals surface area contributed by atoms with Gasteiger partial charge >= 0.3 is 0 Å².